The first-order valence-corrected chi connectivity index (χ1v) is 7.19. The number of aromatic nitrogens is 6. The second kappa shape index (κ2) is 4.33. The molecule has 4 aromatic rings. The van der Waals surface area contributed by atoms with Crippen LogP contribution in [0.1, 0.15) is 25.6 Å². The molecule has 112 valence electrons. The summed E-state index contributed by atoms with van der Waals surface area (Å²) >= 11 is 0. The monoisotopic (exact) mass is 296 g/mol. The van der Waals surface area contributed by atoms with Crippen LogP contribution >= 0.6 is 0 Å². The summed E-state index contributed by atoms with van der Waals surface area (Å²) in [5, 5.41) is 7.13. The molecule has 0 spiro atoms. The Hall–Kier alpha value is -2.83. The summed E-state index contributed by atoms with van der Waals surface area (Å²) in [6.45, 7) is 5.92. The van der Waals surface area contributed by atoms with Gasteiger partial charge in [-0.15, -0.1) is 0 Å². The van der Waals surface area contributed by atoms with Crippen LogP contribution in [0.15, 0.2) is 23.0 Å². The van der Waals surface area contributed by atoms with Crippen molar-refractivity contribution < 1.29 is 0 Å². The van der Waals surface area contributed by atoms with E-state index in [4.69, 9.17) is 0 Å². The van der Waals surface area contributed by atoms with E-state index in [0.29, 0.717) is 5.82 Å². The molecule has 0 bridgehead atoms. The van der Waals surface area contributed by atoms with Crippen LogP contribution in [0, 0.1) is 6.92 Å². The first-order chi connectivity index (χ1) is 10.5. The highest BCUT2D eigenvalue weighted by Gasteiger charge is 2.14. The first kappa shape index (κ1) is 12.9. The van der Waals surface area contributed by atoms with E-state index in [-0.39, 0.29) is 11.7 Å². The summed E-state index contributed by atoms with van der Waals surface area (Å²) in [7, 11) is 0. The minimum absolute atomic E-state index is 0.0890. The number of fused-ring (bicyclic) bond motifs is 2. The van der Waals surface area contributed by atoms with Crippen LogP contribution in [0.25, 0.3) is 33.6 Å². The minimum atomic E-state index is -0.0965. The number of benzene rings is 1. The molecule has 3 N–H and O–H groups in total. The van der Waals surface area contributed by atoms with Gasteiger partial charge in [-0.1, -0.05) is 0 Å². The van der Waals surface area contributed by atoms with Crippen molar-refractivity contribution in [2.24, 2.45) is 0 Å². The lowest BCUT2D eigenvalue weighted by atomic mass is 10.2. The number of nitrogens with one attached hydrogen (secondary N) is 3. The molecule has 1 aromatic carbocycles. The zero-order valence-electron chi connectivity index (χ0n) is 12.6. The maximum atomic E-state index is 12.0. The van der Waals surface area contributed by atoms with Gasteiger partial charge in [-0.25, -0.2) is 9.78 Å². The zero-order chi connectivity index (χ0) is 15.4. The van der Waals surface area contributed by atoms with Gasteiger partial charge in [0.25, 0.3) is 0 Å². The second-order valence-corrected chi connectivity index (χ2v) is 5.80. The molecule has 0 aliphatic heterocycles. The van der Waals surface area contributed by atoms with E-state index >= 15 is 0 Å². The Morgan fingerprint density at radius 2 is 1.95 bits per heavy atom. The third-order valence-corrected chi connectivity index (χ3v) is 3.78. The molecule has 0 saturated heterocycles. The zero-order valence-corrected chi connectivity index (χ0v) is 12.6. The third kappa shape index (κ3) is 1.78. The average Bonchev–Trinajstić information content (AvgIpc) is 3.10. The maximum Gasteiger partial charge on any atom is 0.326 e. The summed E-state index contributed by atoms with van der Waals surface area (Å²) in [6, 6.07) is 5.88. The molecule has 0 fully saturated rings. The second-order valence-electron chi connectivity index (χ2n) is 5.80. The molecule has 0 amide bonds. The van der Waals surface area contributed by atoms with Crippen LogP contribution in [0.5, 0.6) is 0 Å². The van der Waals surface area contributed by atoms with E-state index < -0.39 is 0 Å². The number of aromatic amines is 3. The number of imidazole rings is 2. The molecule has 7 heteroatoms. The Morgan fingerprint density at radius 1 is 1.14 bits per heavy atom. The van der Waals surface area contributed by atoms with Crippen molar-refractivity contribution >= 4 is 22.1 Å². The topological polar surface area (TPSA) is 95.2 Å². The Labute approximate surface area is 125 Å². The molecule has 0 saturated carbocycles. The van der Waals surface area contributed by atoms with E-state index in [1.165, 1.54) is 0 Å². The van der Waals surface area contributed by atoms with Gasteiger partial charge in [-0.2, -0.15) is 5.10 Å². The molecular formula is C15H16N6O. The van der Waals surface area contributed by atoms with Crippen molar-refractivity contribution in [1.82, 2.24) is 29.7 Å². The molecule has 3 heterocycles. The predicted molar refractivity (Wildman–Crippen MR) is 84.9 cm³/mol. The van der Waals surface area contributed by atoms with Gasteiger partial charge in [-0.05, 0) is 39.0 Å². The quantitative estimate of drug-likeness (QED) is 0.530. The van der Waals surface area contributed by atoms with E-state index in [1.54, 1.807) is 4.57 Å². The fourth-order valence-electron chi connectivity index (χ4n) is 2.80. The molecule has 0 unspecified atom stereocenters. The Balaban J connectivity index is 1.97. The Kier molecular flexibility index (Phi) is 2.53. The summed E-state index contributed by atoms with van der Waals surface area (Å²) in [5.41, 5.74) is 5.02. The summed E-state index contributed by atoms with van der Waals surface area (Å²) in [6.07, 6.45) is 0. The Morgan fingerprint density at radius 3 is 2.64 bits per heavy atom. The van der Waals surface area contributed by atoms with Crippen molar-refractivity contribution in [1.29, 1.82) is 0 Å². The van der Waals surface area contributed by atoms with Gasteiger partial charge in [0.1, 0.15) is 5.69 Å². The smallest absolute Gasteiger partial charge is 0.326 e. The summed E-state index contributed by atoms with van der Waals surface area (Å²) in [4.78, 5) is 22.8. The van der Waals surface area contributed by atoms with E-state index in [1.807, 2.05) is 39.0 Å². The number of hydrogen-bond donors (Lipinski definition) is 3. The number of nitrogens with zero attached hydrogens (tertiary/aromatic N) is 3. The minimum Gasteiger partial charge on any atom is -0.337 e. The van der Waals surface area contributed by atoms with Gasteiger partial charge in [0, 0.05) is 11.7 Å². The molecule has 4 rings (SSSR count). The third-order valence-electron chi connectivity index (χ3n) is 3.78. The summed E-state index contributed by atoms with van der Waals surface area (Å²) < 4.78 is 1.74. The fraction of sp³-hybridized carbons (Fsp3) is 0.267. The number of rotatable bonds is 2. The lowest BCUT2D eigenvalue weighted by Crippen LogP contribution is -2.18. The van der Waals surface area contributed by atoms with Crippen molar-refractivity contribution in [3.8, 4) is 11.5 Å². The molecular weight excluding hydrogens is 280 g/mol. The van der Waals surface area contributed by atoms with Crippen LogP contribution in [0.3, 0.4) is 0 Å². The SMILES string of the molecule is Cc1cc(-c2nc3cc4c(cc3[nH]2)[nH]c(=O)n4C(C)C)n[nH]1. The number of H-pyrrole nitrogens is 3. The van der Waals surface area contributed by atoms with E-state index in [2.05, 4.69) is 25.1 Å². The largest absolute Gasteiger partial charge is 0.337 e. The lowest BCUT2D eigenvalue weighted by Gasteiger charge is -2.06. The maximum absolute atomic E-state index is 12.0. The van der Waals surface area contributed by atoms with Crippen LogP contribution in [0.2, 0.25) is 0 Å². The first-order valence-electron chi connectivity index (χ1n) is 7.19. The van der Waals surface area contributed by atoms with E-state index in [9.17, 15) is 4.79 Å². The van der Waals surface area contributed by atoms with Gasteiger partial charge in [0.15, 0.2) is 5.82 Å². The van der Waals surface area contributed by atoms with Gasteiger partial charge in [0.2, 0.25) is 0 Å². The van der Waals surface area contributed by atoms with Crippen molar-refractivity contribution in [2.75, 3.05) is 0 Å². The number of hydrogen-bond acceptors (Lipinski definition) is 3. The van der Waals surface area contributed by atoms with Crippen molar-refractivity contribution in [3.63, 3.8) is 0 Å². The predicted octanol–water partition coefficient (Wildman–Crippen LogP) is 2.49. The highest BCUT2D eigenvalue weighted by molar-refractivity contribution is 5.92. The van der Waals surface area contributed by atoms with Gasteiger partial charge < -0.3 is 9.97 Å². The van der Waals surface area contributed by atoms with Gasteiger partial charge >= 0.3 is 5.69 Å². The van der Waals surface area contributed by atoms with Crippen LogP contribution < -0.4 is 5.69 Å². The molecule has 0 radical (unpaired) electrons. The molecule has 3 aromatic heterocycles. The highest BCUT2D eigenvalue weighted by atomic mass is 16.1. The fourth-order valence-corrected chi connectivity index (χ4v) is 2.80. The molecule has 0 aliphatic rings. The van der Waals surface area contributed by atoms with Gasteiger partial charge in [0.05, 0.1) is 22.1 Å². The van der Waals surface area contributed by atoms with Crippen LogP contribution in [-0.2, 0) is 0 Å². The Bertz CT molecular complexity index is 1050. The molecule has 7 nitrogen and oxygen atoms in total. The summed E-state index contributed by atoms with van der Waals surface area (Å²) in [5.74, 6) is 0.713. The number of aryl methyl sites for hydroxylation is 1. The van der Waals surface area contributed by atoms with Crippen LogP contribution in [0.4, 0.5) is 0 Å². The van der Waals surface area contributed by atoms with Gasteiger partial charge in [-0.3, -0.25) is 9.67 Å². The molecule has 22 heavy (non-hydrogen) atoms. The standard InChI is InChI=1S/C15H16N6O/c1-7(2)21-13-6-10-9(5-11(13)18-15(21)22)16-14(17-10)12-4-8(3)19-20-12/h4-7H,1-3H3,(H,16,17)(H,18,22)(H,19,20). The lowest BCUT2D eigenvalue weighted by molar-refractivity contribution is 0.598. The highest BCUT2D eigenvalue weighted by Crippen LogP contribution is 2.24. The van der Waals surface area contributed by atoms with Crippen molar-refractivity contribution in [2.45, 2.75) is 26.8 Å². The molecule has 0 atom stereocenters. The van der Waals surface area contributed by atoms with Crippen molar-refractivity contribution in [3.05, 3.63) is 34.4 Å². The molecule has 0 aliphatic carbocycles. The average molecular weight is 296 g/mol. The normalized spacial score (nSPS) is 12.0. The van der Waals surface area contributed by atoms with E-state index in [0.717, 1.165) is 33.5 Å². The van der Waals surface area contributed by atoms with Crippen LogP contribution in [-0.4, -0.2) is 29.7 Å².